The predicted molar refractivity (Wildman–Crippen MR) is 103 cm³/mol. The normalized spacial score (nSPS) is 12.2. The summed E-state index contributed by atoms with van der Waals surface area (Å²) in [5.74, 6) is 1.61. The molecule has 0 amide bonds. The molecule has 142 valence electrons. The summed E-state index contributed by atoms with van der Waals surface area (Å²) in [7, 11) is 3.37. The van der Waals surface area contributed by atoms with Crippen LogP contribution in [0.15, 0.2) is 54.6 Å². The van der Waals surface area contributed by atoms with E-state index in [1.54, 1.807) is 14.2 Å². The van der Waals surface area contributed by atoms with Crippen LogP contribution >= 0.6 is 0 Å². The molecule has 1 N–H and O–H groups in total. The third kappa shape index (κ3) is 7.44. The molecule has 0 aliphatic heterocycles. The van der Waals surface area contributed by atoms with Crippen LogP contribution in [-0.2, 0) is 11.3 Å². The van der Waals surface area contributed by atoms with Crippen molar-refractivity contribution in [1.29, 1.82) is 0 Å². The van der Waals surface area contributed by atoms with Crippen LogP contribution in [-0.4, -0.2) is 56.6 Å². The predicted octanol–water partition coefficient (Wildman–Crippen LogP) is 2.97. The molecule has 2 aromatic carbocycles. The largest absolute Gasteiger partial charge is 0.497 e. The van der Waals surface area contributed by atoms with Crippen molar-refractivity contribution in [2.24, 2.45) is 0 Å². The van der Waals surface area contributed by atoms with Crippen LogP contribution < -0.4 is 9.47 Å². The number of rotatable bonds is 12. The second-order valence-electron chi connectivity index (χ2n) is 6.21. The van der Waals surface area contributed by atoms with Crippen LogP contribution in [0.25, 0.3) is 0 Å². The minimum absolute atomic E-state index is 0.271. The maximum Gasteiger partial charge on any atom is 0.119 e. The van der Waals surface area contributed by atoms with Gasteiger partial charge in [-0.05, 0) is 36.2 Å². The molecule has 0 aliphatic carbocycles. The van der Waals surface area contributed by atoms with Crippen molar-refractivity contribution >= 4 is 0 Å². The number of methoxy groups -OCH3 is 2. The van der Waals surface area contributed by atoms with Crippen molar-refractivity contribution in [3.8, 4) is 11.5 Å². The van der Waals surface area contributed by atoms with E-state index in [-0.39, 0.29) is 6.61 Å². The molecule has 0 saturated heterocycles. The quantitative estimate of drug-likeness (QED) is 0.591. The molecule has 0 bridgehead atoms. The zero-order valence-corrected chi connectivity index (χ0v) is 15.6. The lowest BCUT2D eigenvalue weighted by Crippen LogP contribution is -2.36. The summed E-state index contributed by atoms with van der Waals surface area (Å²) < 4.78 is 16.0. The summed E-state index contributed by atoms with van der Waals surface area (Å²) >= 11 is 0. The highest BCUT2D eigenvalue weighted by Crippen LogP contribution is 2.14. The summed E-state index contributed by atoms with van der Waals surface area (Å²) in [5.41, 5.74) is 1.18. The average Bonchev–Trinajstić information content (AvgIpc) is 2.68. The van der Waals surface area contributed by atoms with E-state index in [4.69, 9.17) is 14.2 Å². The van der Waals surface area contributed by atoms with Crippen molar-refractivity contribution < 1.29 is 19.3 Å². The molecule has 0 aliphatic rings. The number of nitrogens with zero attached hydrogens (tertiary/aromatic N) is 1. The molecule has 2 rings (SSSR count). The van der Waals surface area contributed by atoms with Crippen LogP contribution in [0.5, 0.6) is 11.5 Å². The molecule has 26 heavy (non-hydrogen) atoms. The van der Waals surface area contributed by atoms with Gasteiger partial charge in [0.1, 0.15) is 24.2 Å². The highest BCUT2D eigenvalue weighted by molar-refractivity contribution is 5.27. The van der Waals surface area contributed by atoms with Crippen molar-refractivity contribution in [3.05, 3.63) is 60.2 Å². The fraction of sp³-hybridized carbons (Fsp3) is 0.429. The van der Waals surface area contributed by atoms with Crippen LogP contribution in [0.1, 0.15) is 12.0 Å². The molecule has 0 fully saturated rings. The van der Waals surface area contributed by atoms with E-state index >= 15 is 0 Å². The van der Waals surface area contributed by atoms with Crippen LogP contribution in [0.4, 0.5) is 0 Å². The Morgan fingerprint density at radius 1 is 0.962 bits per heavy atom. The maximum absolute atomic E-state index is 10.4. The summed E-state index contributed by atoms with van der Waals surface area (Å²) in [4.78, 5) is 2.22. The van der Waals surface area contributed by atoms with Crippen molar-refractivity contribution in [2.75, 3.05) is 40.5 Å². The minimum Gasteiger partial charge on any atom is -0.497 e. The molecule has 5 nitrogen and oxygen atoms in total. The highest BCUT2D eigenvalue weighted by Gasteiger charge is 2.13. The van der Waals surface area contributed by atoms with Gasteiger partial charge in [-0.3, -0.25) is 4.90 Å². The zero-order chi connectivity index (χ0) is 18.6. The van der Waals surface area contributed by atoms with Crippen molar-refractivity contribution in [1.82, 2.24) is 4.90 Å². The Morgan fingerprint density at radius 2 is 1.69 bits per heavy atom. The van der Waals surface area contributed by atoms with Gasteiger partial charge in [0, 0.05) is 33.4 Å². The monoisotopic (exact) mass is 359 g/mol. The molecule has 0 saturated carbocycles. The van der Waals surface area contributed by atoms with Gasteiger partial charge >= 0.3 is 0 Å². The van der Waals surface area contributed by atoms with E-state index in [0.29, 0.717) is 13.2 Å². The van der Waals surface area contributed by atoms with E-state index in [1.807, 2.05) is 42.5 Å². The number of ether oxygens (including phenoxy) is 3. The Kier molecular flexibility index (Phi) is 8.96. The Labute approximate surface area is 156 Å². The fourth-order valence-corrected chi connectivity index (χ4v) is 2.72. The first kappa shape index (κ1) is 20.2. The lowest BCUT2D eigenvalue weighted by molar-refractivity contribution is 0.0617. The smallest absolute Gasteiger partial charge is 0.119 e. The average molecular weight is 359 g/mol. The third-order valence-electron chi connectivity index (χ3n) is 4.04. The zero-order valence-electron chi connectivity index (χ0n) is 15.6. The first-order valence-electron chi connectivity index (χ1n) is 8.91. The van der Waals surface area contributed by atoms with E-state index in [0.717, 1.165) is 31.0 Å². The molecule has 0 radical (unpaired) electrons. The number of hydrogen-bond donors (Lipinski definition) is 1. The molecule has 5 heteroatoms. The first-order valence-corrected chi connectivity index (χ1v) is 8.91. The maximum atomic E-state index is 10.4. The SMILES string of the molecule is COCCCN(Cc1ccc(OC)cc1)C[C@@H](O)COc1ccccc1. The molecular formula is C21H29NO4. The van der Waals surface area contributed by atoms with Gasteiger partial charge in [0.05, 0.1) is 7.11 Å². The Morgan fingerprint density at radius 3 is 2.35 bits per heavy atom. The Bertz CT molecular complexity index is 603. The molecule has 2 aromatic rings. The van der Waals surface area contributed by atoms with E-state index in [1.165, 1.54) is 5.56 Å². The van der Waals surface area contributed by atoms with E-state index in [9.17, 15) is 5.11 Å². The van der Waals surface area contributed by atoms with Gasteiger partial charge < -0.3 is 19.3 Å². The van der Waals surface area contributed by atoms with Gasteiger partial charge in [-0.1, -0.05) is 30.3 Å². The molecule has 0 spiro atoms. The summed E-state index contributed by atoms with van der Waals surface area (Å²) in [6, 6.07) is 17.6. The minimum atomic E-state index is -0.559. The van der Waals surface area contributed by atoms with E-state index in [2.05, 4.69) is 17.0 Å². The summed E-state index contributed by atoms with van der Waals surface area (Å²) in [6.07, 6.45) is 0.356. The second kappa shape index (κ2) is 11.5. The lowest BCUT2D eigenvalue weighted by atomic mass is 10.2. The number of benzene rings is 2. The third-order valence-corrected chi connectivity index (χ3v) is 4.04. The number of hydrogen-bond acceptors (Lipinski definition) is 5. The van der Waals surface area contributed by atoms with Gasteiger partial charge in [0.25, 0.3) is 0 Å². The van der Waals surface area contributed by atoms with Gasteiger partial charge in [-0.15, -0.1) is 0 Å². The number of aliphatic hydroxyl groups excluding tert-OH is 1. The van der Waals surface area contributed by atoms with Crippen molar-refractivity contribution in [2.45, 2.75) is 19.1 Å². The van der Waals surface area contributed by atoms with Gasteiger partial charge in [0.2, 0.25) is 0 Å². The van der Waals surface area contributed by atoms with Crippen LogP contribution in [0.3, 0.4) is 0 Å². The Balaban J connectivity index is 1.87. The topological polar surface area (TPSA) is 51.2 Å². The molecule has 0 heterocycles. The standard InChI is InChI=1S/C21H29NO4/c1-24-14-6-13-22(15-18-9-11-20(25-2)12-10-18)16-19(23)17-26-21-7-4-3-5-8-21/h3-5,7-12,19,23H,6,13-17H2,1-2H3/t19-/m1/s1. The first-order chi connectivity index (χ1) is 12.7. The van der Waals surface area contributed by atoms with Gasteiger partial charge in [-0.25, -0.2) is 0 Å². The fourth-order valence-electron chi connectivity index (χ4n) is 2.72. The second-order valence-corrected chi connectivity index (χ2v) is 6.21. The summed E-state index contributed by atoms with van der Waals surface area (Å²) in [6.45, 7) is 3.13. The van der Waals surface area contributed by atoms with Crippen LogP contribution in [0.2, 0.25) is 0 Å². The number of aliphatic hydroxyl groups is 1. The lowest BCUT2D eigenvalue weighted by Gasteiger charge is -2.25. The van der Waals surface area contributed by atoms with Gasteiger partial charge in [-0.2, -0.15) is 0 Å². The molecular weight excluding hydrogens is 330 g/mol. The molecule has 1 atom stereocenters. The Hall–Kier alpha value is -2.08. The van der Waals surface area contributed by atoms with Crippen LogP contribution in [0, 0.1) is 0 Å². The molecule has 0 unspecified atom stereocenters. The summed E-state index contributed by atoms with van der Waals surface area (Å²) in [5, 5.41) is 10.4. The van der Waals surface area contributed by atoms with Gasteiger partial charge in [0.15, 0.2) is 0 Å². The van der Waals surface area contributed by atoms with Crippen molar-refractivity contribution in [3.63, 3.8) is 0 Å². The number of para-hydroxylation sites is 1. The molecule has 0 aromatic heterocycles. The highest BCUT2D eigenvalue weighted by atomic mass is 16.5. The van der Waals surface area contributed by atoms with E-state index < -0.39 is 6.10 Å².